The van der Waals surface area contributed by atoms with E-state index in [1.165, 1.54) is 4.68 Å². The number of benzene rings is 2. The van der Waals surface area contributed by atoms with Crippen LogP contribution in [0.2, 0.25) is 0 Å². The SMILES string of the molecule is FC(F)(F)c1cc(-c2ccc(I)cc2)n(-c2ccccc2)n1. The van der Waals surface area contributed by atoms with Crippen molar-refractivity contribution in [3.05, 3.63) is 69.9 Å². The monoisotopic (exact) mass is 414 g/mol. The summed E-state index contributed by atoms with van der Waals surface area (Å²) in [5.74, 6) is 0. The van der Waals surface area contributed by atoms with Crippen LogP contribution in [0.15, 0.2) is 60.7 Å². The van der Waals surface area contributed by atoms with Crippen LogP contribution in [0.4, 0.5) is 13.2 Å². The fourth-order valence-corrected chi connectivity index (χ4v) is 2.47. The number of para-hydroxylation sites is 1. The van der Waals surface area contributed by atoms with Crippen molar-refractivity contribution in [3.8, 4) is 16.9 Å². The predicted molar refractivity (Wildman–Crippen MR) is 86.7 cm³/mol. The third kappa shape index (κ3) is 3.01. The molecule has 0 radical (unpaired) electrons. The number of rotatable bonds is 2. The number of hydrogen-bond donors (Lipinski definition) is 0. The normalized spacial score (nSPS) is 11.6. The highest BCUT2D eigenvalue weighted by Gasteiger charge is 2.35. The highest BCUT2D eigenvalue weighted by molar-refractivity contribution is 14.1. The van der Waals surface area contributed by atoms with Gasteiger partial charge in [0.1, 0.15) is 0 Å². The molecule has 0 aliphatic heterocycles. The molecule has 0 aliphatic carbocycles. The Hall–Kier alpha value is -1.83. The maximum atomic E-state index is 13.0. The van der Waals surface area contributed by atoms with E-state index in [1.807, 2.05) is 18.2 Å². The van der Waals surface area contributed by atoms with Gasteiger partial charge in [0, 0.05) is 9.13 Å². The summed E-state index contributed by atoms with van der Waals surface area (Å²) in [4.78, 5) is 0. The summed E-state index contributed by atoms with van der Waals surface area (Å²) < 4.78 is 41.3. The summed E-state index contributed by atoms with van der Waals surface area (Å²) in [7, 11) is 0. The van der Waals surface area contributed by atoms with Crippen molar-refractivity contribution in [2.24, 2.45) is 0 Å². The Morgan fingerprint density at radius 2 is 1.55 bits per heavy atom. The molecule has 0 bridgehead atoms. The van der Waals surface area contributed by atoms with Gasteiger partial charge >= 0.3 is 6.18 Å². The van der Waals surface area contributed by atoms with E-state index in [-0.39, 0.29) is 0 Å². The lowest BCUT2D eigenvalue weighted by molar-refractivity contribution is -0.141. The molecule has 0 fully saturated rings. The molecule has 0 aliphatic rings. The molecule has 0 amide bonds. The first-order valence-corrected chi connectivity index (χ1v) is 7.51. The van der Waals surface area contributed by atoms with E-state index >= 15 is 0 Å². The third-order valence-electron chi connectivity index (χ3n) is 3.14. The molecule has 1 aromatic heterocycles. The van der Waals surface area contributed by atoms with Crippen LogP contribution in [0.1, 0.15) is 5.69 Å². The standard InChI is InChI=1S/C16H10F3IN2/c17-16(18,19)15-10-14(11-6-8-12(20)9-7-11)22(21-15)13-4-2-1-3-5-13/h1-10H. The van der Waals surface area contributed by atoms with E-state index in [1.54, 1.807) is 36.4 Å². The predicted octanol–water partition coefficient (Wildman–Crippen LogP) is 5.16. The summed E-state index contributed by atoms with van der Waals surface area (Å²) in [5, 5.41) is 3.74. The van der Waals surface area contributed by atoms with E-state index in [2.05, 4.69) is 27.7 Å². The Kier molecular flexibility index (Phi) is 3.94. The van der Waals surface area contributed by atoms with Crippen LogP contribution >= 0.6 is 22.6 Å². The lowest BCUT2D eigenvalue weighted by Crippen LogP contribution is -2.07. The Labute approximate surface area is 138 Å². The molecule has 0 saturated carbocycles. The quantitative estimate of drug-likeness (QED) is 0.530. The van der Waals surface area contributed by atoms with Gasteiger partial charge in [0.05, 0.1) is 11.4 Å². The van der Waals surface area contributed by atoms with E-state index in [0.29, 0.717) is 16.9 Å². The largest absolute Gasteiger partial charge is 0.435 e. The summed E-state index contributed by atoms with van der Waals surface area (Å²) in [6.07, 6.45) is -4.47. The Morgan fingerprint density at radius 1 is 0.909 bits per heavy atom. The number of alkyl halides is 3. The molecule has 112 valence electrons. The van der Waals surface area contributed by atoms with Crippen molar-refractivity contribution in [2.75, 3.05) is 0 Å². The summed E-state index contributed by atoms with van der Waals surface area (Å²) in [6.45, 7) is 0. The van der Waals surface area contributed by atoms with Crippen LogP contribution in [0.5, 0.6) is 0 Å². The number of halogens is 4. The van der Waals surface area contributed by atoms with E-state index in [4.69, 9.17) is 0 Å². The second kappa shape index (κ2) is 5.75. The van der Waals surface area contributed by atoms with Gasteiger partial charge < -0.3 is 0 Å². The third-order valence-corrected chi connectivity index (χ3v) is 3.86. The van der Waals surface area contributed by atoms with Crippen molar-refractivity contribution in [1.29, 1.82) is 0 Å². The molecule has 1 heterocycles. The first-order chi connectivity index (χ1) is 10.4. The first-order valence-electron chi connectivity index (χ1n) is 6.44. The minimum absolute atomic E-state index is 0.412. The molecule has 2 aromatic carbocycles. The van der Waals surface area contributed by atoms with Gasteiger partial charge in [0.2, 0.25) is 0 Å². The van der Waals surface area contributed by atoms with Gasteiger partial charge in [-0.05, 0) is 52.9 Å². The second-order valence-corrected chi connectivity index (χ2v) is 5.91. The molecular weight excluding hydrogens is 404 g/mol. The molecule has 0 saturated heterocycles. The maximum Gasteiger partial charge on any atom is 0.435 e. The summed E-state index contributed by atoms with van der Waals surface area (Å²) >= 11 is 2.15. The van der Waals surface area contributed by atoms with Crippen LogP contribution in [0.25, 0.3) is 16.9 Å². The molecule has 0 atom stereocenters. The zero-order chi connectivity index (χ0) is 15.7. The minimum atomic E-state index is -4.47. The van der Waals surface area contributed by atoms with Gasteiger partial charge in [0.15, 0.2) is 5.69 Å². The fraction of sp³-hybridized carbons (Fsp3) is 0.0625. The molecule has 22 heavy (non-hydrogen) atoms. The highest BCUT2D eigenvalue weighted by Crippen LogP contribution is 2.33. The average molecular weight is 414 g/mol. The van der Waals surface area contributed by atoms with E-state index in [9.17, 15) is 13.2 Å². The smallest absolute Gasteiger partial charge is 0.233 e. The first kappa shape index (κ1) is 15.1. The van der Waals surface area contributed by atoms with E-state index < -0.39 is 11.9 Å². The molecule has 3 rings (SSSR count). The maximum absolute atomic E-state index is 13.0. The van der Waals surface area contributed by atoms with Crippen molar-refractivity contribution >= 4 is 22.6 Å². The van der Waals surface area contributed by atoms with Crippen molar-refractivity contribution in [1.82, 2.24) is 9.78 Å². The van der Waals surface area contributed by atoms with Gasteiger partial charge in [-0.1, -0.05) is 30.3 Å². The summed E-state index contributed by atoms with van der Waals surface area (Å²) in [6, 6.07) is 17.2. The zero-order valence-electron chi connectivity index (χ0n) is 11.2. The van der Waals surface area contributed by atoms with Crippen LogP contribution in [0.3, 0.4) is 0 Å². The van der Waals surface area contributed by atoms with Crippen LogP contribution in [-0.2, 0) is 6.18 Å². The van der Waals surface area contributed by atoms with Crippen molar-refractivity contribution in [3.63, 3.8) is 0 Å². The Morgan fingerprint density at radius 3 is 2.14 bits per heavy atom. The number of nitrogens with zero attached hydrogens (tertiary/aromatic N) is 2. The highest BCUT2D eigenvalue weighted by atomic mass is 127. The molecule has 0 unspecified atom stereocenters. The van der Waals surface area contributed by atoms with Gasteiger partial charge in [-0.3, -0.25) is 0 Å². The topological polar surface area (TPSA) is 17.8 Å². The fourth-order valence-electron chi connectivity index (χ4n) is 2.11. The Bertz CT molecular complexity index is 777. The molecule has 0 N–H and O–H groups in total. The van der Waals surface area contributed by atoms with Gasteiger partial charge in [-0.15, -0.1) is 0 Å². The van der Waals surface area contributed by atoms with Crippen LogP contribution in [0, 0.1) is 3.57 Å². The molecular formula is C16H10F3IN2. The number of aromatic nitrogens is 2. The lowest BCUT2D eigenvalue weighted by Gasteiger charge is -2.07. The average Bonchev–Trinajstić information content (AvgIpc) is 2.94. The summed E-state index contributed by atoms with van der Waals surface area (Å²) in [5.41, 5.74) is 0.790. The van der Waals surface area contributed by atoms with Gasteiger partial charge in [-0.2, -0.15) is 18.3 Å². The second-order valence-electron chi connectivity index (χ2n) is 4.67. The molecule has 6 heteroatoms. The lowest BCUT2D eigenvalue weighted by atomic mass is 10.1. The van der Waals surface area contributed by atoms with Crippen LogP contribution < -0.4 is 0 Å². The molecule has 2 nitrogen and oxygen atoms in total. The van der Waals surface area contributed by atoms with Crippen molar-refractivity contribution < 1.29 is 13.2 Å². The van der Waals surface area contributed by atoms with Crippen molar-refractivity contribution in [2.45, 2.75) is 6.18 Å². The van der Waals surface area contributed by atoms with E-state index in [0.717, 1.165) is 9.64 Å². The minimum Gasteiger partial charge on any atom is -0.233 e. The van der Waals surface area contributed by atoms with Gasteiger partial charge in [0.25, 0.3) is 0 Å². The Balaban J connectivity index is 2.19. The van der Waals surface area contributed by atoms with Crippen LogP contribution in [-0.4, -0.2) is 9.78 Å². The molecule has 0 spiro atoms. The van der Waals surface area contributed by atoms with Gasteiger partial charge in [-0.25, -0.2) is 4.68 Å². The zero-order valence-corrected chi connectivity index (χ0v) is 13.3. The molecule has 3 aromatic rings. The number of hydrogen-bond acceptors (Lipinski definition) is 1.